The third-order valence-electron chi connectivity index (χ3n) is 6.32. The van der Waals surface area contributed by atoms with E-state index in [4.69, 9.17) is 9.47 Å². The van der Waals surface area contributed by atoms with Crippen LogP contribution in [0.4, 0.5) is 22.8 Å². The number of aryl methyl sites for hydroxylation is 1. The molecule has 1 aromatic rings. The van der Waals surface area contributed by atoms with Crippen molar-refractivity contribution in [3.8, 4) is 0 Å². The quantitative estimate of drug-likeness (QED) is 0.543. The van der Waals surface area contributed by atoms with Crippen molar-refractivity contribution in [2.45, 2.75) is 96.7 Å². The first kappa shape index (κ1) is 30.2. The van der Waals surface area contributed by atoms with Crippen molar-refractivity contribution in [3.63, 3.8) is 0 Å². The van der Waals surface area contributed by atoms with Crippen LogP contribution in [0, 0.1) is 6.92 Å². The first-order valence-electron chi connectivity index (χ1n) is 12.3. The molecule has 1 aliphatic rings. The molecule has 0 aliphatic carbocycles. The number of benzene rings is 1. The molecule has 1 heterocycles. The Bertz CT molecular complexity index is 977. The Kier molecular flexibility index (Phi) is 9.84. The number of hydrogen-bond donors (Lipinski definition) is 1. The Morgan fingerprint density at radius 3 is 2.24 bits per heavy atom. The normalized spacial score (nSPS) is 20.3. The van der Waals surface area contributed by atoms with Crippen LogP contribution < -0.4 is 5.32 Å². The van der Waals surface area contributed by atoms with E-state index in [-0.39, 0.29) is 31.3 Å². The fraction of sp³-hybridized carbons (Fsp3) is 0.654. The van der Waals surface area contributed by atoms with E-state index in [1.807, 2.05) is 6.92 Å². The van der Waals surface area contributed by atoms with Crippen LogP contribution >= 0.6 is 0 Å². The second kappa shape index (κ2) is 12.0. The molecular formula is C26H38F3N3O5. The number of nitrogens with zero attached hydrogens (tertiary/aromatic N) is 2. The Morgan fingerprint density at radius 1 is 1.11 bits per heavy atom. The molecule has 1 saturated heterocycles. The van der Waals surface area contributed by atoms with Gasteiger partial charge in [0, 0.05) is 38.1 Å². The predicted molar refractivity (Wildman–Crippen MR) is 132 cm³/mol. The van der Waals surface area contributed by atoms with Gasteiger partial charge in [-0.1, -0.05) is 18.6 Å². The van der Waals surface area contributed by atoms with Crippen molar-refractivity contribution in [1.29, 1.82) is 0 Å². The highest BCUT2D eigenvalue weighted by atomic mass is 19.4. The van der Waals surface area contributed by atoms with Crippen LogP contribution in [0.5, 0.6) is 0 Å². The summed E-state index contributed by atoms with van der Waals surface area (Å²) < 4.78 is 50.8. The van der Waals surface area contributed by atoms with Gasteiger partial charge in [-0.05, 0) is 64.7 Å². The summed E-state index contributed by atoms with van der Waals surface area (Å²) in [6, 6.07) is 2.24. The summed E-state index contributed by atoms with van der Waals surface area (Å²) in [5, 5.41) is 2.57. The van der Waals surface area contributed by atoms with E-state index in [0.717, 1.165) is 12.1 Å². The second-order valence-electron chi connectivity index (χ2n) is 10.4. The first-order chi connectivity index (χ1) is 17.1. The van der Waals surface area contributed by atoms with Gasteiger partial charge in [-0.2, -0.15) is 13.2 Å². The van der Waals surface area contributed by atoms with Gasteiger partial charge >= 0.3 is 18.4 Å². The van der Waals surface area contributed by atoms with Crippen LogP contribution in [-0.4, -0.2) is 65.8 Å². The smallest absolute Gasteiger partial charge is 0.416 e. The zero-order valence-electron chi connectivity index (χ0n) is 22.6. The molecule has 3 amide bonds. The van der Waals surface area contributed by atoms with Crippen molar-refractivity contribution >= 4 is 18.1 Å². The predicted octanol–water partition coefficient (Wildman–Crippen LogP) is 5.27. The SMILES string of the molecule is CC[C@@H]1C[C@H](N(Cc2cc(C)cc(C(F)(F)F)c2)C(=O)OC)C[C@H](CC(=O)NC)N1C(=O)OC(C)(C)C. The maximum Gasteiger partial charge on any atom is 0.416 e. The molecule has 37 heavy (non-hydrogen) atoms. The van der Waals surface area contributed by atoms with E-state index in [9.17, 15) is 27.6 Å². The highest BCUT2D eigenvalue weighted by Crippen LogP contribution is 2.34. The molecule has 11 heteroatoms. The van der Waals surface area contributed by atoms with Gasteiger partial charge in [0.15, 0.2) is 0 Å². The van der Waals surface area contributed by atoms with Crippen molar-refractivity contribution in [1.82, 2.24) is 15.1 Å². The fourth-order valence-corrected chi connectivity index (χ4v) is 4.75. The van der Waals surface area contributed by atoms with Gasteiger partial charge in [-0.15, -0.1) is 0 Å². The summed E-state index contributed by atoms with van der Waals surface area (Å²) in [6.45, 7) is 8.60. The zero-order chi connectivity index (χ0) is 28.1. The summed E-state index contributed by atoms with van der Waals surface area (Å²) >= 11 is 0. The number of hydrogen-bond acceptors (Lipinski definition) is 5. The number of piperidine rings is 1. The largest absolute Gasteiger partial charge is 0.453 e. The molecule has 0 aromatic heterocycles. The number of methoxy groups -OCH3 is 1. The fourth-order valence-electron chi connectivity index (χ4n) is 4.75. The van der Waals surface area contributed by atoms with Crippen LogP contribution in [0.2, 0.25) is 0 Å². The lowest BCUT2D eigenvalue weighted by molar-refractivity contribution is -0.137. The topological polar surface area (TPSA) is 88.2 Å². The second-order valence-corrected chi connectivity index (χ2v) is 10.4. The number of likely N-dealkylation sites (tertiary alicyclic amines) is 1. The third kappa shape index (κ3) is 8.26. The molecule has 0 radical (unpaired) electrons. The molecule has 0 saturated carbocycles. The van der Waals surface area contributed by atoms with Gasteiger partial charge < -0.3 is 24.6 Å². The van der Waals surface area contributed by atoms with Gasteiger partial charge in [0.2, 0.25) is 5.91 Å². The molecule has 208 valence electrons. The van der Waals surface area contributed by atoms with Crippen LogP contribution in [-0.2, 0) is 27.0 Å². The van der Waals surface area contributed by atoms with E-state index in [0.29, 0.717) is 24.0 Å². The van der Waals surface area contributed by atoms with E-state index in [1.165, 1.54) is 19.1 Å². The van der Waals surface area contributed by atoms with E-state index >= 15 is 0 Å². The standard InChI is InChI=1S/C26H38F3N3O5/c1-8-19-12-20(13-21(14-22(33)30-6)32(19)24(35)37-25(3,4)5)31(23(34)36-7)15-17-9-16(2)10-18(11-17)26(27,28)29/h9-11,19-21H,8,12-15H2,1-7H3,(H,30,33)/t19-,20+,21-/m1/s1. The molecule has 1 N–H and O–H groups in total. The summed E-state index contributed by atoms with van der Waals surface area (Å²) in [5.74, 6) is -0.285. The lowest BCUT2D eigenvalue weighted by atomic mass is 9.87. The minimum Gasteiger partial charge on any atom is -0.453 e. The minimum absolute atomic E-state index is 0.0135. The Labute approximate surface area is 216 Å². The van der Waals surface area contributed by atoms with E-state index in [2.05, 4.69) is 5.32 Å². The molecule has 0 unspecified atom stereocenters. The van der Waals surface area contributed by atoms with Crippen molar-refractivity contribution in [3.05, 3.63) is 34.9 Å². The molecule has 8 nitrogen and oxygen atoms in total. The van der Waals surface area contributed by atoms with Crippen molar-refractivity contribution in [2.75, 3.05) is 14.2 Å². The zero-order valence-corrected chi connectivity index (χ0v) is 22.6. The highest BCUT2D eigenvalue weighted by molar-refractivity contribution is 5.78. The maximum atomic E-state index is 13.4. The Hall–Kier alpha value is -2.98. The summed E-state index contributed by atoms with van der Waals surface area (Å²) in [7, 11) is 2.70. The maximum absolute atomic E-state index is 13.4. The Morgan fingerprint density at radius 2 is 1.73 bits per heavy atom. The van der Waals surface area contributed by atoms with Crippen LogP contribution in [0.1, 0.15) is 70.1 Å². The van der Waals surface area contributed by atoms with Gasteiger partial charge in [-0.25, -0.2) is 9.59 Å². The van der Waals surface area contributed by atoms with Gasteiger partial charge in [0.05, 0.1) is 12.7 Å². The van der Waals surface area contributed by atoms with E-state index < -0.39 is 41.6 Å². The number of nitrogens with one attached hydrogen (secondary N) is 1. The molecule has 1 fully saturated rings. The van der Waals surface area contributed by atoms with Crippen molar-refractivity contribution in [2.24, 2.45) is 0 Å². The number of rotatable bonds is 6. The van der Waals surface area contributed by atoms with Crippen LogP contribution in [0.15, 0.2) is 18.2 Å². The van der Waals surface area contributed by atoms with Crippen LogP contribution in [0.3, 0.4) is 0 Å². The highest BCUT2D eigenvalue weighted by Gasteiger charge is 2.43. The number of carbonyl (C=O) groups is 3. The Balaban J connectivity index is 2.45. The third-order valence-corrected chi connectivity index (χ3v) is 6.32. The number of ether oxygens (including phenoxy) is 2. The van der Waals surface area contributed by atoms with Gasteiger partial charge in [-0.3, -0.25) is 4.79 Å². The van der Waals surface area contributed by atoms with Crippen LogP contribution in [0.25, 0.3) is 0 Å². The number of carbonyl (C=O) groups excluding carboxylic acids is 3. The molecule has 1 aromatic carbocycles. The number of halogens is 3. The molecule has 0 spiro atoms. The van der Waals surface area contributed by atoms with E-state index in [1.54, 1.807) is 38.7 Å². The number of alkyl halides is 3. The monoisotopic (exact) mass is 529 g/mol. The average Bonchev–Trinajstić information content (AvgIpc) is 2.79. The van der Waals surface area contributed by atoms with Gasteiger partial charge in [0.25, 0.3) is 0 Å². The molecule has 2 rings (SSSR count). The van der Waals surface area contributed by atoms with Crippen molar-refractivity contribution < 1.29 is 37.0 Å². The lowest BCUT2D eigenvalue weighted by Crippen LogP contribution is -2.59. The average molecular weight is 530 g/mol. The summed E-state index contributed by atoms with van der Waals surface area (Å²) in [6.07, 6.45) is -4.67. The number of amides is 3. The molecule has 0 bridgehead atoms. The summed E-state index contributed by atoms with van der Waals surface area (Å²) in [5.41, 5.74) is -0.819. The first-order valence-corrected chi connectivity index (χ1v) is 12.3. The minimum atomic E-state index is -4.53. The molecule has 1 aliphatic heterocycles. The van der Waals surface area contributed by atoms with Gasteiger partial charge in [0.1, 0.15) is 5.60 Å². The lowest BCUT2D eigenvalue weighted by Gasteiger charge is -2.47. The summed E-state index contributed by atoms with van der Waals surface area (Å²) in [4.78, 5) is 41.3. The molecular weight excluding hydrogens is 491 g/mol. The molecule has 3 atom stereocenters.